The van der Waals surface area contributed by atoms with Gasteiger partial charge in [0.25, 0.3) is 0 Å². The minimum Gasteiger partial charge on any atom is -0.497 e. The van der Waals surface area contributed by atoms with Crippen LogP contribution in [0.25, 0.3) is 11.1 Å². The lowest BCUT2D eigenvalue weighted by molar-refractivity contribution is -0.120. The molecule has 1 aliphatic heterocycles. The second kappa shape index (κ2) is 7.81. The SMILES string of the molecule is COc1ccc2c(c1)C(c1ccccc1)=C(c1ccccc1)C21C(=O)c2ccccc2N(C)C1=O. The molecule has 4 aromatic rings. The average Bonchev–Trinajstić information content (AvgIpc) is 3.23. The van der Waals surface area contributed by atoms with E-state index in [1.54, 1.807) is 19.1 Å². The maximum atomic E-state index is 14.6. The lowest BCUT2D eigenvalue weighted by atomic mass is 9.66. The Balaban J connectivity index is 1.80. The number of likely N-dealkylation sites (N-methyl/N-ethyl adjacent to an activating group) is 1. The van der Waals surface area contributed by atoms with E-state index >= 15 is 0 Å². The molecule has 35 heavy (non-hydrogen) atoms. The number of carbonyl (C=O) groups excluding carboxylic acids is 2. The van der Waals surface area contributed by atoms with E-state index in [4.69, 9.17) is 4.74 Å². The first-order valence-electron chi connectivity index (χ1n) is 11.6. The number of methoxy groups -OCH3 is 1. The van der Waals surface area contributed by atoms with Gasteiger partial charge in [0.15, 0.2) is 11.2 Å². The lowest BCUT2D eigenvalue weighted by Crippen LogP contribution is -2.54. The predicted molar refractivity (Wildman–Crippen MR) is 138 cm³/mol. The average molecular weight is 458 g/mol. The van der Waals surface area contributed by atoms with E-state index in [2.05, 4.69) is 0 Å². The van der Waals surface area contributed by atoms with Crippen LogP contribution in [-0.2, 0) is 10.2 Å². The second-order valence-electron chi connectivity index (χ2n) is 8.85. The van der Waals surface area contributed by atoms with Gasteiger partial charge in [-0.1, -0.05) is 78.9 Å². The van der Waals surface area contributed by atoms with Gasteiger partial charge in [-0.05, 0) is 57.7 Å². The summed E-state index contributed by atoms with van der Waals surface area (Å²) in [6.45, 7) is 0. The minimum atomic E-state index is -1.50. The molecule has 0 bridgehead atoms. The molecule has 1 unspecified atom stereocenters. The van der Waals surface area contributed by atoms with Gasteiger partial charge in [-0.2, -0.15) is 0 Å². The molecule has 1 aliphatic carbocycles. The van der Waals surface area contributed by atoms with E-state index in [0.717, 1.165) is 22.3 Å². The number of hydrogen-bond acceptors (Lipinski definition) is 3. The number of rotatable bonds is 3. The van der Waals surface area contributed by atoms with Gasteiger partial charge < -0.3 is 9.64 Å². The van der Waals surface area contributed by atoms with Crippen molar-refractivity contribution in [3.05, 3.63) is 131 Å². The molecule has 2 aliphatic rings. The van der Waals surface area contributed by atoms with Crippen molar-refractivity contribution in [2.75, 3.05) is 19.1 Å². The molecule has 1 heterocycles. The van der Waals surface area contributed by atoms with Gasteiger partial charge in [-0.3, -0.25) is 9.59 Å². The molecule has 4 aromatic carbocycles. The molecular weight excluding hydrogens is 434 g/mol. The van der Waals surface area contributed by atoms with E-state index in [-0.39, 0.29) is 11.7 Å². The molecule has 0 saturated heterocycles. The van der Waals surface area contributed by atoms with E-state index in [1.165, 1.54) is 0 Å². The summed E-state index contributed by atoms with van der Waals surface area (Å²) in [4.78, 5) is 30.6. The zero-order chi connectivity index (χ0) is 24.2. The number of nitrogens with zero attached hydrogens (tertiary/aromatic N) is 1. The number of Topliss-reactive ketones (excluding diaryl/α,β-unsaturated/α-hetero) is 1. The van der Waals surface area contributed by atoms with Crippen molar-refractivity contribution in [1.29, 1.82) is 0 Å². The van der Waals surface area contributed by atoms with Crippen LogP contribution >= 0.6 is 0 Å². The first-order valence-corrected chi connectivity index (χ1v) is 11.6. The Morgan fingerprint density at radius 2 is 1.34 bits per heavy atom. The van der Waals surface area contributed by atoms with Crippen molar-refractivity contribution in [1.82, 2.24) is 0 Å². The van der Waals surface area contributed by atoms with Crippen LogP contribution in [0.2, 0.25) is 0 Å². The summed E-state index contributed by atoms with van der Waals surface area (Å²) in [6, 6.07) is 32.7. The van der Waals surface area contributed by atoms with Crippen LogP contribution < -0.4 is 9.64 Å². The summed E-state index contributed by atoms with van der Waals surface area (Å²) in [6.07, 6.45) is 0. The smallest absolute Gasteiger partial charge is 0.249 e. The molecule has 170 valence electrons. The molecule has 0 aromatic heterocycles. The highest BCUT2D eigenvalue weighted by atomic mass is 16.5. The van der Waals surface area contributed by atoms with Crippen molar-refractivity contribution in [2.24, 2.45) is 0 Å². The first kappa shape index (κ1) is 21.1. The standard InChI is InChI=1S/C31H23NO3/c1-32-26-16-10-9-15-23(26)29(33)31(30(32)34)25-18-17-22(35-2)19-24(25)27(20-11-5-3-6-12-20)28(31)21-13-7-4-8-14-21/h3-19H,1-2H3. The van der Waals surface area contributed by atoms with Crippen molar-refractivity contribution >= 4 is 28.5 Å². The highest BCUT2D eigenvalue weighted by molar-refractivity contribution is 6.39. The normalized spacial score (nSPS) is 18.6. The van der Waals surface area contributed by atoms with Gasteiger partial charge in [0.1, 0.15) is 5.75 Å². The number of ether oxygens (including phenoxy) is 1. The number of ketones is 1. The van der Waals surface area contributed by atoms with Crippen LogP contribution in [0.15, 0.2) is 103 Å². The van der Waals surface area contributed by atoms with Crippen LogP contribution in [0.1, 0.15) is 32.6 Å². The number of anilines is 1. The summed E-state index contributed by atoms with van der Waals surface area (Å²) < 4.78 is 5.57. The fraction of sp³-hybridized carbons (Fsp3) is 0.0968. The molecule has 4 nitrogen and oxygen atoms in total. The largest absolute Gasteiger partial charge is 0.497 e. The highest BCUT2D eigenvalue weighted by Gasteiger charge is 2.60. The fourth-order valence-electron chi connectivity index (χ4n) is 5.59. The van der Waals surface area contributed by atoms with Gasteiger partial charge >= 0.3 is 0 Å². The summed E-state index contributed by atoms with van der Waals surface area (Å²) in [7, 11) is 3.37. The molecule has 1 amide bonds. The Morgan fingerprint density at radius 3 is 2.03 bits per heavy atom. The zero-order valence-corrected chi connectivity index (χ0v) is 19.5. The molecule has 4 heteroatoms. The summed E-state index contributed by atoms with van der Waals surface area (Å²) in [5.41, 5.74) is 4.57. The summed E-state index contributed by atoms with van der Waals surface area (Å²) in [5.74, 6) is 0.218. The maximum Gasteiger partial charge on any atom is 0.249 e. The van der Waals surface area contributed by atoms with Crippen molar-refractivity contribution < 1.29 is 14.3 Å². The molecule has 0 radical (unpaired) electrons. The third-order valence-corrected chi connectivity index (χ3v) is 7.13. The van der Waals surface area contributed by atoms with E-state index < -0.39 is 5.41 Å². The molecule has 1 atom stereocenters. The molecule has 0 N–H and O–H groups in total. The molecule has 1 spiro atoms. The van der Waals surface area contributed by atoms with Gasteiger partial charge in [-0.25, -0.2) is 0 Å². The van der Waals surface area contributed by atoms with Crippen LogP contribution in [0.4, 0.5) is 5.69 Å². The third-order valence-electron chi connectivity index (χ3n) is 7.13. The summed E-state index contributed by atoms with van der Waals surface area (Å²) in [5, 5.41) is 0. The quantitative estimate of drug-likeness (QED) is 0.367. The van der Waals surface area contributed by atoms with Gasteiger partial charge in [-0.15, -0.1) is 0 Å². The Morgan fingerprint density at radius 1 is 0.714 bits per heavy atom. The number of fused-ring (bicyclic) bond motifs is 3. The van der Waals surface area contributed by atoms with E-state index in [1.807, 2.05) is 103 Å². The Hall–Kier alpha value is -4.44. The van der Waals surface area contributed by atoms with Gasteiger partial charge in [0.2, 0.25) is 5.91 Å². The Labute approximate surface area is 204 Å². The van der Waals surface area contributed by atoms with Gasteiger partial charge in [0, 0.05) is 12.6 Å². The van der Waals surface area contributed by atoms with Crippen LogP contribution in [0, 0.1) is 0 Å². The minimum absolute atomic E-state index is 0.201. The number of benzene rings is 4. The molecule has 0 fully saturated rings. The predicted octanol–water partition coefficient (Wildman–Crippen LogP) is 5.77. The lowest BCUT2D eigenvalue weighted by Gasteiger charge is -2.40. The topological polar surface area (TPSA) is 46.6 Å². The Kier molecular flexibility index (Phi) is 4.71. The van der Waals surface area contributed by atoms with Gasteiger partial charge in [0.05, 0.1) is 12.8 Å². The van der Waals surface area contributed by atoms with E-state index in [9.17, 15) is 9.59 Å². The fourth-order valence-corrected chi connectivity index (χ4v) is 5.59. The molecular formula is C31H23NO3. The highest BCUT2D eigenvalue weighted by Crippen LogP contribution is 2.58. The zero-order valence-electron chi connectivity index (χ0n) is 19.5. The number of hydrogen-bond donors (Lipinski definition) is 0. The number of amides is 1. The molecule has 0 saturated carbocycles. The third kappa shape index (κ3) is 2.80. The van der Waals surface area contributed by atoms with Crippen molar-refractivity contribution in [3.63, 3.8) is 0 Å². The number of carbonyl (C=O) groups is 2. The van der Waals surface area contributed by atoms with Crippen LogP contribution in [0.5, 0.6) is 5.75 Å². The number of para-hydroxylation sites is 1. The van der Waals surface area contributed by atoms with Crippen LogP contribution in [-0.4, -0.2) is 25.8 Å². The first-order chi connectivity index (χ1) is 17.1. The molecule has 6 rings (SSSR count). The van der Waals surface area contributed by atoms with Crippen LogP contribution in [0.3, 0.4) is 0 Å². The second-order valence-corrected chi connectivity index (χ2v) is 8.85. The Bertz CT molecular complexity index is 1520. The van der Waals surface area contributed by atoms with E-state index in [0.29, 0.717) is 28.1 Å². The van der Waals surface area contributed by atoms with Crippen molar-refractivity contribution in [2.45, 2.75) is 5.41 Å². The van der Waals surface area contributed by atoms with Crippen molar-refractivity contribution in [3.8, 4) is 5.75 Å². The maximum absolute atomic E-state index is 14.6. The summed E-state index contributed by atoms with van der Waals surface area (Å²) >= 11 is 0. The monoisotopic (exact) mass is 457 g/mol.